The quantitative estimate of drug-likeness (QED) is 0.0933. The van der Waals surface area contributed by atoms with Gasteiger partial charge >= 0.3 is 6.18 Å². The van der Waals surface area contributed by atoms with E-state index in [2.05, 4.69) is 20.5 Å². The second kappa shape index (κ2) is 12.9. The van der Waals surface area contributed by atoms with E-state index in [1.165, 1.54) is 24.3 Å². The number of hydrogen-bond acceptors (Lipinski definition) is 10. The highest BCUT2D eigenvalue weighted by Crippen LogP contribution is 2.42. The molecule has 0 amide bonds. The van der Waals surface area contributed by atoms with E-state index >= 15 is 0 Å². The minimum absolute atomic E-state index is 0.00722. The molecule has 0 saturated carbocycles. The van der Waals surface area contributed by atoms with Gasteiger partial charge < -0.3 is 11.5 Å². The maximum atomic E-state index is 14.3. The number of sulfonamides is 2. The van der Waals surface area contributed by atoms with Gasteiger partial charge in [-0.2, -0.15) is 18.3 Å². The number of anilines is 2. The molecule has 0 fully saturated rings. The number of azo groups is 2. The van der Waals surface area contributed by atoms with Crippen molar-refractivity contribution in [2.24, 2.45) is 30.7 Å². The second-order valence-electron chi connectivity index (χ2n) is 11.4. The predicted octanol–water partition coefficient (Wildman–Crippen LogP) is 8.28. The van der Waals surface area contributed by atoms with E-state index in [0.717, 1.165) is 18.2 Å². The molecule has 6 rings (SSSR count). The van der Waals surface area contributed by atoms with Gasteiger partial charge in [-0.05, 0) is 60.0 Å². The van der Waals surface area contributed by atoms with Crippen LogP contribution >= 0.6 is 0 Å². The van der Waals surface area contributed by atoms with Gasteiger partial charge in [0, 0.05) is 21.5 Å². The third-order valence-corrected chi connectivity index (χ3v) is 9.93. The van der Waals surface area contributed by atoms with E-state index < -0.39 is 37.5 Å². The fourth-order valence-corrected chi connectivity index (χ4v) is 7.05. The van der Waals surface area contributed by atoms with Crippen LogP contribution in [0.3, 0.4) is 0 Å². The van der Waals surface area contributed by atoms with Crippen LogP contribution < -0.4 is 21.7 Å². The average molecular weight is 733 g/mol. The zero-order chi connectivity index (χ0) is 36.9. The van der Waals surface area contributed by atoms with Crippen molar-refractivity contribution in [2.75, 3.05) is 11.5 Å². The van der Waals surface area contributed by atoms with Gasteiger partial charge in [-0.1, -0.05) is 60.7 Å². The van der Waals surface area contributed by atoms with Crippen LogP contribution in [0.1, 0.15) is 11.1 Å². The number of hydrogen-bond donors (Lipinski definition) is 4. The summed E-state index contributed by atoms with van der Waals surface area (Å²) in [4.78, 5) is -0.481. The number of benzene rings is 6. The molecular formula is C34H27F3N8O4S2. The molecule has 17 heteroatoms. The number of halogens is 3. The van der Waals surface area contributed by atoms with Crippen LogP contribution in [0, 0.1) is 6.92 Å². The second-order valence-corrected chi connectivity index (χ2v) is 14.5. The normalized spacial score (nSPS) is 12.8. The van der Waals surface area contributed by atoms with Gasteiger partial charge in [0.05, 0.1) is 38.1 Å². The summed E-state index contributed by atoms with van der Waals surface area (Å²) in [5.41, 5.74) is 12.4. The molecule has 12 nitrogen and oxygen atoms in total. The summed E-state index contributed by atoms with van der Waals surface area (Å²) >= 11 is 0. The van der Waals surface area contributed by atoms with Gasteiger partial charge in [-0.15, -0.1) is 15.3 Å². The van der Waals surface area contributed by atoms with E-state index in [1.54, 1.807) is 61.5 Å². The summed E-state index contributed by atoms with van der Waals surface area (Å²) in [6, 6.07) is 23.2. The largest absolute Gasteiger partial charge is 0.418 e. The first-order valence-corrected chi connectivity index (χ1v) is 17.9. The van der Waals surface area contributed by atoms with Crippen molar-refractivity contribution in [3.05, 3.63) is 108 Å². The van der Waals surface area contributed by atoms with Gasteiger partial charge in [0.25, 0.3) is 0 Å². The van der Waals surface area contributed by atoms with Crippen LogP contribution in [0.25, 0.3) is 32.7 Å². The molecule has 0 bridgehead atoms. The molecule has 0 atom stereocenters. The van der Waals surface area contributed by atoms with Gasteiger partial charge in [-0.3, -0.25) is 0 Å². The number of alkyl halides is 3. The topological polar surface area (TPSA) is 222 Å². The number of nitrogens with two attached hydrogens (primary N) is 4. The van der Waals surface area contributed by atoms with Gasteiger partial charge in [0.1, 0.15) is 11.4 Å². The smallest absolute Gasteiger partial charge is 0.396 e. The van der Waals surface area contributed by atoms with Gasteiger partial charge in [-0.25, -0.2) is 27.1 Å². The lowest BCUT2D eigenvalue weighted by molar-refractivity contribution is -0.137. The molecule has 0 aliphatic rings. The first kappa shape index (κ1) is 35.1. The van der Waals surface area contributed by atoms with E-state index in [1.807, 2.05) is 0 Å². The molecule has 0 spiro atoms. The summed E-state index contributed by atoms with van der Waals surface area (Å²) in [6.07, 6.45) is -4.84. The van der Waals surface area contributed by atoms with Crippen molar-refractivity contribution in [1.29, 1.82) is 0 Å². The first-order chi connectivity index (χ1) is 23.9. The van der Waals surface area contributed by atoms with E-state index in [9.17, 15) is 30.0 Å². The fourth-order valence-electron chi connectivity index (χ4n) is 5.53. The Morgan fingerprint density at radius 3 is 1.35 bits per heavy atom. The monoisotopic (exact) mass is 732 g/mol. The zero-order valence-corrected chi connectivity index (χ0v) is 28.1. The van der Waals surface area contributed by atoms with Crippen LogP contribution in [-0.2, 0) is 26.2 Å². The molecule has 51 heavy (non-hydrogen) atoms. The van der Waals surface area contributed by atoms with Crippen molar-refractivity contribution < 1.29 is 30.0 Å². The Bertz CT molecular complexity index is 2680. The van der Waals surface area contributed by atoms with Crippen LogP contribution in [0.15, 0.2) is 127 Å². The first-order valence-electron chi connectivity index (χ1n) is 14.8. The van der Waals surface area contributed by atoms with E-state index in [-0.39, 0.29) is 48.9 Å². The molecule has 0 aliphatic heterocycles. The Labute approximate surface area is 289 Å². The van der Waals surface area contributed by atoms with Crippen molar-refractivity contribution in [1.82, 2.24) is 0 Å². The maximum Gasteiger partial charge on any atom is 0.418 e. The van der Waals surface area contributed by atoms with Crippen molar-refractivity contribution in [2.45, 2.75) is 22.9 Å². The summed E-state index contributed by atoms with van der Waals surface area (Å²) < 4.78 is 92.0. The third-order valence-electron chi connectivity index (χ3n) is 8.03. The molecule has 0 saturated heterocycles. The van der Waals surface area contributed by atoms with Crippen LogP contribution in [-0.4, -0.2) is 16.8 Å². The maximum absolute atomic E-state index is 14.3. The Balaban J connectivity index is 1.35. The number of nitrogen functional groups attached to an aromatic ring is 2. The van der Waals surface area contributed by atoms with E-state index in [4.69, 9.17) is 21.7 Å². The molecule has 0 unspecified atom stereocenters. The highest BCUT2D eigenvalue weighted by Gasteiger charge is 2.34. The van der Waals surface area contributed by atoms with Crippen molar-refractivity contribution in [3.8, 4) is 11.1 Å². The molecule has 6 aromatic carbocycles. The average Bonchev–Trinajstić information content (AvgIpc) is 3.07. The predicted molar refractivity (Wildman–Crippen MR) is 189 cm³/mol. The van der Waals surface area contributed by atoms with Crippen LogP contribution in [0.2, 0.25) is 0 Å². The van der Waals surface area contributed by atoms with Crippen molar-refractivity contribution in [3.63, 3.8) is 0 Å². The Kier molecular flexibility index (Phi) is 8.84. The molecule has 8 N–H and O–H groups in total. The molecule has 0 heterocycles. The van der Waals surface area contributed by atoms with E-state index in [0.29, 0.717) is 27.6 Å². The minimum atomic E-state index is -4.84. The molecule has 0 aromatic heterocycles. The highest BCUT2D eigenvalue weighted by atomic mass is 32.2. The van der Waals surface area contributed by atoms with Crippen LogP contribution in [0.4, 0.5) is 47.3 Å². The highest BCUT2D eigenvalue weighted by molar-refractivity contribution is 7.89. The van der Waals surface area contributed by atoms with Gasteiger partial charge in [0.15, 0.2) is 0 Å². The summed E-state index contributed by atoms with van der Waals surface area (Å²) in [5.74, 6) is 0. The summed E-state index contributed by atoms with van der Waals surface area (Å²) in [6.45, 7) is 1.67. The Morgan fingerprint density at radius 2 is 0.922 bits per heavy atom. The molecule has 0 radical (unpaired) electrons. The molecule has 6 aromatic rings. The number of nitrogens with zero attached hydrogens (tertiary/aromatic N) is 4. The molecule has 260 valence electrons. The van der Waals surface area contributed by atoms with Crippen molar-refractivity contribution >= 4 is 75.7 Å². The Hall–Kier alpha value is -5.75. The number of rotatable bonds is 7. The lowest BCUT2D eigenvalue weighted by Crippen LogP contribution is -2.13. The number of fused-ring (bicyclic) bond motifs is 2. The summed E-state index contributed by atoms with van der Waals surface area (Å²) in [5, 5.41) is 28.2. The van der Waals surface area contributed by atoms with Gasteiger partial charge in [0.2, 0.25) is 20.0 Å². The lowest BCUT2D eigenvalue weighted by Gasteiger charge is -2.13. The minimum Gasteiger partial charge on any atom is -0.396 e. The standard InChI is InChI=1S/C34H27F3N8O4S2/c1-18-14-19(10-12-26(18)42-44-28-16-30(50(40,46)47)21-6-2-4-8-23(21)32(28)38)20-11-13-27(25(15-20)34(35,36)37)43-45-29-17-31(51(41,48)49)22-7-3-5-9-24(22)33(29)39/h2-17H,38-39H2,1H3,(H2,40,46,47)(H2,41,48,49). The number of primary sulfonamides is 2. The number of aryl methyl sites for hydroxylation is 1. The summed E-state index contributed by atoms with van der Waals surface area (Å²) in [7, 11) is -8.37. The van der Waals surface area contributed by atoms with Crippen LogP contribution in [0.5, 0.6) is 0 Å². The fraction of sp³-hybridized carbons (Fsp3) is 0.0588. The molecular weight excluding hydrogens is 706 g/mol. The SMILES string of the molecule is Cc1cc(-c2ccc(N=Nc3cc(S(N)(=O)=O)c4ccccc4c3N)c(C(F)(F)F)c2)ccc1N=Nc1cc(S(N)(=O)=O)c2ccccc2c1N. The lowest BCUT2D eigenvalue weighted by atomic mass is 9.99. The third kappa shape index (κ3) is 7.00. The Morgan fingerprint density at radius 1 is 0.529 bits per heavy atom. The molecule has 0 aliphatic carbocycles. The zero-order valence-electron chi connectivity index (χ0n) is 26.4.